The summed E-state index contributed by atoms with van der Waals surface area (Å²) >= 11 is 0. The molecule has 1 aliphatic rings. The number of hydrogen-bond donors (Lipinski definition) is 1. The summed E-state index contributed by atoms with van der Waals surface area (Å²) in [4.78, 5) is 14.7. The summed E-state index contributed by atoms with van der Waals surface area (Å²) in [5.41, 5.74) is 1.08. The largest absolute Gasteiger partial charge is 0.497 e. The van der Waals surface area contributed by atoms with Gasteiger partial charge in [-0.3, -0.25) is 9.69 Å². The maximum atomic E-state index is 12.4. The van der Waals surface area contributed by atoms with Crippen molar-refractivity contribution in [1.29, 1.82) is 0 Å². The number of nitrogens with zero attached hydrogens (tertiary/aromatic N) is 1. The maximum Gasteiger partial charge on any atom is 0.237 e. The molecule has 4 nitrogen and oxygen atoms in total. The molecule has 0 spiro atoms. The number of nitrogens with one attached hydrogen (secondary N) is 1. The van der Waals surface area contributed by atoms with E-state index in [1.54, 1.807) is 7.11 Å². The molecule has 2 rings (SSSR count). The van der Waals surface area contributed by atoms with Crippen LogP contribution in [0.25, 0.3) is 0 Å². The molecule has 1 saturated heterocycles. The summed E-state index contributed by atoms with van der Waals surface area (Å²) in [7, 11) is 1.65. The van der Waals surface area contributed by atoms with E-state index < -0.39 is 0 Å². The lowest BCUT2D eigenvalue weighted by atomic mass is 9.91. The Morgan fingerprint density at radius 1 is 1.27 bits per heavy atom. The normalized spacial score (nSPS) is 23.8. The fourth-order valence-electron chi connectivity index (χ4n) is 3.27. The second-order valence-electron chi connectivity index (χ2n) is 6.64. The van der Waals surface area contributed by atoms with Gasteiger partial charge in [-0.2, -0.15) is 0 Å². The number of amides is 1. The van der Waals surface area contributed by atoms with Crippen LogP contribution in [0.5, 0.6) is 5.75 Å². The van der Waals surface area contributed by atoms with Gasteiger partial charge in [0.05, 0.1) is 13.2 Å². The van der Waals surface area contributed by atoms with Crippen molar-refractivity contribution in [2.45, 2.75) is 39.8 Å². The highest BCUT2D eigenvalue weighted by molar-refractivity contribution is 5.81. The lowest BCUT2D eigenvalue weighted by molar-refractivity contribution is -0.127. The van der Waals surface area contributed by atoms with E-state index in [0.29, 0.717) is 18.4 Å². The summed E-state index contributed by atoms with van der Waals surface area (Å²) in [5, 5.41) is 3.04. The van der Waals surface area contributed by atoms with E-state index in [0.717, 1.165) is 24.4 Å². The third kappa shape index (κ3) is 4.47. The lowest BCUT2D eigenvalue weighted by Gasteiger charge is -2.38. The third-order valence-electron chi connectivity index (χ3n) is 4.45. The van der Waals surface area contributed by atoms with Gasteiger partial charge < -0.3 is 10.1 Å². The fourth-order valence-corrected chi connectivity index (χ4v) is 3.27. The highest BCUT2D eigenvalue weighted by atomic mass is 16.5. The van der Waals surface area contributed by atoms with Crippen molar-refractivity contribution >= 4 is 5.91 Å². The van der Waals surface area contributed by atoms with Gasteiger partial charge in [-0.1, -0.05) is 26.0 Å². The number of piperidine rings is 1. The Labute approximate surface area is 133 Å². The number of carbonyl (C=O) groups excluding carboxylic acids is 1. The number of methoxy groups -OCH3 is 1. The Bertz CT molecular complexity index is 476. The van der Waals surface area contributed by atoms with Crippen molar-refractivity contribution in [3.05, 3.63) is 29.8 Å². The fraction of sp³-hybridized carbons (Fsp3) is 0.611. The molecule has 1 fully saturated rings. The molecule has 122 valence electrons. The number of hydrogen-bond acceptors (Lipinski definition) is 3. The highest BCUT2D eigenvalue weighted by Gasteiger charge is 2.28. The van der Waals surface area contributed by atoms with Gasteiger partial charge in [-0.15, -0.1) is 0 Å². The zero-order valence-electron chi connectivity index (χ0n) is 14.1. The van der Waals surface area contributed by atoms with Crippen molar-refractivity contribution in [2.75, 3.05) is 20.2 Å². The second-order valence-corrected chi connectivity index (χ2v) is 6.64. The van der Waals surface area contributed by atoms with Gasteiger partial charge >= 0.3 is 0 Å². The molecule has 0 unspecified atom stereocenters. The van der Waals surface area contributed by atoms with E-state index >= 15 is 0 Å². The topological polar surface area (TPSA) is 41.6 Å². The van der Waals surface area contributed by atoms with Crippen LogP contribution < -0.4 is 10.1 Å². The quantitative estimate of drug-likeness (QED) is 0.909. The summed E-state index contributed by atoms with van der Waals surface area (Å²) in [6, 6.07) is 7.73. The van der Waals surface area contributed by atoms with E-state index in [4.69, 9.17) is 4.74 Å². The van der Waals surface area contributed by atoms with Crippen LogP contribution in [0.3, 0.4) is 0 Å². The van der Waals surface area contributed by atoms with Gasteiger partial charge in [0.1, 0.15) is 5.75 Å². The van der Waals surface area contributed by atoms with Crippen LogP contribution in [0.4, 0.5) is 0 Å². The Morgan fingerprint density at radius 3 is 2.41 bits per heavy atom. The molecule has 1 aromatic rings. The number of benzene rings is 1. The predicted octanol–water partition coefficient (Wildman–Crippen LogP) is 2.68. The van der Waals surface area contributed by atoms with Crippen LogP contribution in [0, 0.1) is 11.8 Å². The average Bonchev–Trinajstić information content (AvgIpc) is 2.51. The molecule has 0 bridgehead atoms. The van der Waals surface area contributed by atoms with Crippen molar-refractivity contribution < 1.29 is 9.53 Å². The first-order chi connectivity index (χ1) is 10.5. The highest BCUT2D eigenvalue weighted by Crippen LogP contribution is 2.22. The molecule has 0 saturated carbocycles. The molecular weight excluding hydrogens is 276 g/mol. The first-order valence-corrected chi connectivity index (χ1v) is 8.14. The molecule has 1 N–H and O–H groups in total. The van der Waals surface area contributed by atoms with Gasteiger partial charge in [0.25, 0.3) is 0 Å². The van der Waals surface area contributed by atoms with E-state index in [-0.39, 0.29) is 11.9 Å². The Balaban J connectivity index is 1.85. The zero-order valence-corrected chi connectivity index (χ0v) is 14.1. The third-order valence-corrected chi connectivity index (χ3v) is 4.45. The summed E-state index contributed by atoms with van der Waals surface area (Å²) in [5.74, 6) is 2.28. The van der Waals surface area contributed by atoms with E-state index in [1.807, 2.05) is 31.2 Å². The number of ether oxygens (including phenoxy) is 1. The standard InChI is InChI=1S/C18H28N2O2/c1-13-9-14(2)12-20(11-13)15(3)18(21)19-10-16-5-7-17(22-4)8-6-16/h5-8,13-15H,9-12H2,1-4H3,(H,19,21)/t13-,14+,15-/m0/s1. The number of carbonyl (C=O) groups is 1. The van der Waals surface area contributed by atoms with Crippen LogP contribution in [0.1, 0.15) is 32.8 Å². The van der Waals surface area contributed by atoms with Crippen LogP contribution in [0.15, 0.2) is 24.3 Å². The van der Waals surface area contributed by atoms with Crippen molar-refractivity contribution in [2.24, 2.45) is 11.8 Å². The van der Waals surface area contributed by atoms with Gasteiger partial charge in [0, 0.05) is 19.6 Å². The van der Waals surface area contributed by atoms with E-state index in [9.17, 15) is 4.79 Å². The van der Waals surface area contributed by atoms with E-state index in [1.165, 1.54) is 6.42 Å². The number of likely N-dealkylation sites (tertiary alicyclic amines) is 1. The molecule has 1 aliphatic heterocycles. The molecular formula is C18H28N2O2. The van der Waals surface area contributed by atoms with E-state index in [2.05, 4.69) is 24.1 Å². The number of rotatable bonds is 5. The minimum atomic E-state index is -0.0663. The van der Waals surface area contributed by atoms with Crippen molar-refractivity contribution in [3.8, 4) is 5.75 Å². The van der Waals surface area contributed by atoms with Gasteiger partial charge in [-0.05, 0) is 42.9 Å². The van der Waals surface area contributed by atoms with Gasteiger partial charge in [0.15, 0.2) is 0 Å². The van der Waals surface area contributed by atoms with Crippen LogP contribution in [0.2, 0.25) is 0 Å². The summed E-state index contributed by atoms with van der Waals surface area (Å²) in [6.07, 6.45) is 1.26. The maximum absolute atomic E-state index is 12.4. The van der Waals surface area contributed by atoms with Gasteiger partial charge in [0.2, 0.25) is 5.91 Å². The Hall–Kier alpha value is -1.55. The SMILES string of the molecule is COc1ccc(CNC(=O)[C@H](C)N2C[C@H](C)C[C@H](C)C2)cc1. The molecule has 1 heterocycles. The molecule has 22 heavy (non-hydrogen) atoms. The van der Waals surface area contributed by atoms with Crippen LogP contribution >= 0.6 is 0 Å². The second kappa shape index (κ2) is 7.63. The molecule has 1 aromatic carbocycles. The van der Waals surface area contributed by atoms with Crippen molar-refractivity contribution in [1.82, 2.24) is 10.2 Å². The molecule has 1 amide bonds. The summed E-state index contributed by atoms with van der Waals surface area (Å²) in [6.45, 7) is 9.14. The average molecular weight is 304 g/mol. The first-order valence-electron chi connectivity index (χ1n) is 8.14. The molecule has 0 radical (unpaired) electrons. The smallest absolute Gasteiger partial charge is 0.237 e. The Morgan fingerprint density at radius 2 is 1.86 bits per heavy atom. The zero-order chi connectivity index (χ0) is 16.1. The minimum absolute atomic E-state index is 0.0663. The molecule has 3 atom stereocenters. The molecule has 0 aliphatic carbocycles. The molecule has 4 heteroatoms. The minimum Gasteiger partial charge on any atom is -0.497 e. The van der Waals surface area contributed by atoms with Gasteiger partial charge in [-0.25, -0.2) is 0 Å². The monoisotopic (exact) mass is 304 g/mol. The molecule has 0 aromatic heterocycles. The summed E-state index contributed by atoms with van der Waals surface area (Å²) < 4.78 is 5.14. The van der Waals surface area contributed by atoms with Crippen LogP contribution in [-0.4, -0.2) is 37.0 Å². The Kier molecular flexibility index (Phi) is 5.83. The first kappa shape index (κ1) is 16.8. The predicted molar refractivity (Wildman–Crippen MR) is 88.8 cm³/mol. The van der Waals surface area contributed by atoms with Crippen LogP contribution in [-0.2, 0) is 11.3 Å². The van der Waals surface area contributed by atoms with Crippen molar-refractivity contribution in [3.63, 3.8) is 0 Å². The lowest BCUT2D eigenvalue weighted by Crippen LogP contribution is -2.50.